The Labute approximate surface area is 36.0 Å². The summed E-state index contributed by atoms with van der Waals surface area (Å²) in [5, 5.41) is 0. The normalized spacial score (nSPS) is 5.25. The van der Waals surface area contributed by atoms with Crippen molar-refractivity contribution in [3.63, 3.8) is 0 Å². The van der Waals surface area contributed by atoms with Crippen molar-refractivity contribution in [1.29, 1.82) is 0 Å². The molecule has 0 rings (SSSR count). The van der Waals surface area contributed by atoms with E-state index in [-0.39, 0.29) is 17.1 Å². The molecular weight excluding hydrogens is 118 g/mol. The van der Waals surface area contributed by atoms with Crippen molar-refractivity contribution in [2.45, 2.75) is 0 Å². The summed E-state index contributed by atoms with van der Waals surface area (Å²) < 4.78 is 8.35. The topological polar surface area (TPSA) is 40.1 Å². The summed E-state index contributed by atoms with van der Waals surface area (Å²) in [6.07, 6.45) is 0. The second-order valence-electron chi connectivity index (χ2n) is 0.0745. The summed E-state index contributed by atoms with van der Waals surface area (Å²) in [5.74, 6) is 0. The van der Waals surface area contributed by atoms with Gasteiger partial charge in [0, 0.05) is 0 Å². The molecule has 2 nitrogen and oxygen atoms in total. The van der Waals surface area contributed by atoms with Gasteiger partial charge in [-0.1, -0.05) is 0 Å². The van der Waals surface area contributed by atoms with Crippen LogP contribution in [-0.2, 0) is 21.6 Å². The van der Waals surface area contributed by atoms with Gasteiger partial charge >= 0.3 is 17.1 Å². The molecule has 0 unspecified atom stereocenters. The van der Waals surface area contributed by atoms with Gasteiger partial charge in [-0.2, -0.15) is 0 Å². The minimum Gasteiger partial charge on any atom is -0.772 e. The zero-order valence-electron chi connectivity index (χ0n) is 1.64. The predicted molar refractivity (Wildman–Crippen MR) is 7.61 cm³/mol. The van der Waals surface area contributed by atoms with E-state index in [9.17, 15) is 0 Å². The Balaban J connectivity index is 0. The molecule has 0 fully saturated rings. The second kappa shape index (κ2) is 9.55. The Bertz CT molecular complexity index is 13.5. The first-order valence-electron chi connectivity index (χ1n) is 0.365. The van der Waals surface area contributed by atoms with Crippen LogP contribution < -0.4 is 4.89 Å². The van der Waals surface area contributed by atoms with E-state index in [0.717, 1.165) is 0 Å². The Hall–Kier alpha value is 0.579. The molecule has 0 amide bonds. The predicted octanol–water partition coefficient (Wildman–Crippen LogP) is -0.449. The van der Waals surface area contributed by atoms with Gasteiger partial charge in [0.05, 0.1) is 8.69 Å². The molecule has 0 atom stereocenters. The number of hydrogen-bond donors (Lipinski definition) is 0. The van der Waals surface area contributed by atoms with Gasteiger partial charge < -0.3 is 4.89 Å². The van der Waals surface area contributed by atoms with Crippen LogP contribution in [0.3, 0.4) is 0 Å². The van der Waals surface area contributed by atoms with E-state index in [2.05, 4.69) is 0 Å². The second-order valence-corrected chi connectivity index (χ2v) is 0.224. The van der Waals surface area contributed by atoms with Crippen molar-refractivity contribution in [3.8, 4) is 0 Å². The van der Waals surface area contributed by atoms with Gasteiger partial charge in [-0.15, -0.1) is 0 Å². The van der Waals surface area contributed by atoms with Crippen molar-refractivity contribution in [2.75, 3.05) is 0 Å². The molecule has 0 N–H and O–H groups in total. The summed E-state index contributed by atoms with van der Waals surface area (Å²) in [6.45, 7) is 0. The van der Waals surface area contributed by atoms with Crippen molar-refractivity contribution >= 4 is 8.69 Å². The fourth-order valence-corrected chi connectivity index (χ4v) is 0. The SMILES string of the molecule is O=P[O-].[Mn+2]. The van der Waals surface area contributed by atoms with E-state index in [0.29, 0.717) is 0 Å². The van der Waals surface area contributed by atoms with Gasteiger partial charge in [0.2, 0.25) is 0 Å². The third-order valence-electron chi connectivity index (χ3n) is 0. The maximum Gasteiger partial charge on any atom is 2.00 e. The zero-order valence-corrected chi connectivity index (χ0v) is 3.72. The van der Waals surface area contributed by atoms with E-state index in [1.54, 1.807) is 0 Å². The molecule has 0 saturated heterocycles. The average Bonchev–Trinajstić information content (AvgIpc) is 0.918. The molecule has 0 aliphatic rings. The molecule has 0 heterocycles. The summed E-state index contributed by atoms with van der Waals surface area (Å²) in [7, 11) is -1.08. The van der Waals surface area contributed by atoms with Gasteiger partial charge in [-0.3, -0.25) is 4.57 Å². The van der Waals surface area contributed by atoms with Crippen molar-refractivity contribution in [1.82, 2.24) is 0 Å². The zero-order chi connectivity index (χ0) is 2.71. The van der Waals surface area contributed by atoms with Gasteiger partial charge in [0.1, 0.15) is 0 Å². The Morgan fingerprint density at radius 2 is 1.75 bits per heavy atom. The largest absolute Gasteiger partial charge is 2.00 e. The average molecular weight is 118 g/mol. The standard InChI is InChI=1S/Mn.HO2P/c;1-3-2/h;(H,1,2)/q+2;/p-1. The maximum absolute atomic E-state index is 8.35. The van der Waals surface area contributed by atoms with E-state index in [4.69, 9.17) is 9.46 Å². The van der Waals surface area contributed by atoms with Crippen LogP contribution in [0.4, 0.5) is 0 Å². The molecule has 0 aromatic heterocycles. The van der Waals surface area contributed by atoms with Gasteiger partial charge in [-0.25, -0.2) is 0 Å². The number of rotatable bonds is 0. The third kappa shape index (κ3) is 19.2. The van der Waals surface area contributed by atoms with Crippen LogP contribution in [0.1, 0.15) is 0 Å². The van der Waals surface area contributed by atoms with Gasteiger partial charge in [0.15, 0.2) is 0 Å². The molecule has 4 heavy (non-hydrogen) atoms. The molecular formula is MnO2P+. The summed E-state index contributed by atoms with van der Waals surface area (Å²) >= 11 is 0. The van der Waals surface area contributed by atoms with E-state index >= 15 is 0 Å². The first-order chi connectivity index (χ1) is 1.41. The molecule has 1 radical (unpaired) electrons. The van der Waals surface area contributed by atoms with Crippen LogP contribution in [0.2, 0.25) is 0 Å². The molecule has 23 valence electrons. The summed E-state index contributed by atoms with van der Waals surface area (Å²) in [5.41, 5.74) is 0. The van der Waals surface area contributed by atoms with Crippen LogP contribution >= 0.6 is 8.69 Å². The molecule has 0 spiro atoms. The quantitative estimate of drug-likeness (QED) is 0.319. The molecule has 0 aliphatic heterocycles. The van der Waals surface area contributed by atoms with Crippen molar-refractivity contribution in [3.05, 3.63) is 0 Å². The minimum absolute atomic E-state index is 0. The molecule has 0 bridgehead atoms. The molecule has 0 aliphatic carbocycles. The minimum atomic E-state index is -1.08. The van der Waals surface area contributed by atoms with E-state index in [1.807, 2.05) is 0 Å². The van der Waals surface area contributed by atoms with Crippen LogP contribution in [-0.4, -0.2) is 0 Å². The third-order valence-corrected chi connectivity index (χ3v) is 0. The smallest absolute Gasteiger partial charge is 0.772 e. The molecule has 0 aromatic rings. The van der Waals surface area contributed by atoms with E-state index < -0.39 is 8.69 Å². The summed E-state index contributed by atoms with van der Waals surface area (Å²) in [4.78, 5) is 8.35. The molecule has 4 heteroatoms. The fraction of sp³-hybridized carbons (Fsp3) is 0. The first kappa shape index (κ1) is 8.82. The Morgan fingerprint density at radius 1 is 1.75 bits per heavy atom. The Morgan fingerprint density at radius 3 is 1.75 bits per heavy atom. The van der Waals surface area contributed by atoms with Crippen LogP contribution in [0, 0.1) is 0 Å². The number of hydrogen-bond acceptors (Lipinski definition) is 2. The fourth-order valence-electron chi connectivity index (χ4n) is 0. The Kier molecular flexibility index (Phi) is 21.0. The van der Waals surface area contributed by atoms with Crippen molar-refractivity contribution in [2.24, 2.45) is 0 Å². The van der Waals surface area contributed by atoms with Crippen LogP contribution in [0.25, 0.3) is 0 Å². The van der Waals surface area contributed by atoms with Gasteiger partial charge in [0.25, 0.3) is 0 Å². The van der Waals surface area contributed by atoms with E-state index in [1.165, 1.54) is 0 Å². The first-order valence-corrected chi connectivity index (χ1v) is 1.10. The molecule has 0 saturated carbocycles. The maximum atomic E-state index is 8.35. The monoisotopic (exact) mass is 118 g/mol. The summed E-state index contributed by atoms with van der Waals surface area (Å²) in [6, 6.07) is 0. The van der Waals surface area contributed by atoms with Crippen LogP contribution in [0.15, 0.2) is 0 Å². The van der Waals surface area contributed by atoms with Gasteiger partial charge in [-0.05, 0) is 0 Å². The van der Waals surface area contributed by atoms with Crippen molar-refractivity contribution < 1.29 is 26.5 Å². The molecule has 0 aromatic carbocycles. The van der Waals surface area contributed by atoms with Crippen LogP contribution in [0.5, 0.6) is 0 Å².